The Bertz CT molecular complexity index is 624. The van der Waals surface area contributed by atoms with E-state index in [9.17, 15) is 14.7 Å². The fourth-order valence-corrected chi connectivity index (χ4v) is 3.62. The Morgan fingerprint density at radius 3 is 2.27 bits per heavy atom. The molecule has 0 heterocycles. The summed E-state index contributed by atoms with van der Waals surface area (Å²) in [4.78, 5) is 27.3. The van der Waals surface area contributed by atoms with E-state index in [-0.39, 0.29) is 24.2 Å². The van der Waals surface area contributed by atoms with Crippen LogP contribution in [-0.4, -0.2) is 40.3 Å². The molecule has 1 aromatic rings. The van der Waals surface area contributed by atoms with Crippen LogP contribution in [0.1, 0.15) is 59.8 Å². The maximum absolute atomic E-state index is 12.8. The van der Waals surface area contributed by atoms with Crippen LogP contribution < -0.4 is 9.64 Å². The molecule has 1 N–H and O–H groups in total. The van der Waals surface area contributed by atoms with Gasteiger partial charge in [0.2, 0.25) is 0 Å². The van der Waals surface area contributed by atoms with E-state index in [0.29, 0.717) is 11.4 Å². The number of amides is 2. The molecular weight excluding hydrogens is 332 g/mol. The monoisotopic (exact) mass is 362 g/mol. The third kappa shape index (κ3) is 4.90. The molecule has 1 aromatic carbocycles. The van der Waals surface area contributed by atoms with Crippen LogP contribution in [0.25, 0.3) is 0 Å². The first-order valence-corrected chi connectivity index (χ1v) is 9.43. The molecule has 26 heavy (non-hydrogen) atoms. The highest BCUT2D eigenvalue weighted by Gasteiger charge is 2.29. The number of anilines is 1. The molecular formula is C20H30N2O4. The van der Waals surface area contributed by atoms with Gasteiger partial charge in [0.05, 0.1) is 5.69 Å². The van der Waals surface area contributed by atoms with Crippen molar-refractivity contribution in [1.82, 2.24) is 4.90 Å². The van der Waals surface area contributed by atoms with Gasteiger partial charge in [-0.25, -0.2) is 9.59 Å². The molecule has 1 saturated carbocycles. The topological polar surface area (TPSA) is 70.1 Å². The molecule has 6 heteroatoms. The maximum Gasteiger partial charge on any atom is 0.415 e. The summed E-state index contributed by atoms with van der Waals surface area (Å²) >= 11 is 0. The zero-order chi connectivity index (χ0) is 19.3. The third-order valence-electron chi connectivity index (χ3n) is 4.76. The van der Waals surface area contributed by atoms with Gasteiger partial charge in [-0.15, -0.1) is 0 Å². The van der Waals surface area contributed by atoms with Gasteiger partial charge in [-0.05, 0) is 52.7 Å². The molecule has 0 atom stereocenters. The first-order chi connectivity index (χ1) is 12.3. The lowest BCUT2D eigenvalue weighted by atomic mass is 9.94. The molecule has 2 rings (SSSR count). The molecule has 144 valence electrons. The van der Waals surface area contributed by atoms with Crippen LogP contribution >= 0.6 is 0 Å². The lowest BCUT2D eigenvalue weighted by Crippen LogP contribution is -2.47. The van der Waals surface area contributed by atoms with E-state index in [1.165, 1.54) is 11.3 Å². The number of hydrogen-bond donors (Lipinski definition) is 1. The van der Waals surface area contributed by atoms with Gasteiger partial charge in [0.15, 0.2) is 0 Å². The van der Waals surface area contributed by atoms with Crippen molar-refractivity contribution in [2.75, 3.05) is 4.90 Å². The lowest BCUT2D eigenvalue weighted by molar-refractivity contribution is 0.0990. The van der Waals surface area contributed by atoms with E-state index in [0.717, 1.165) is 25.7 Å². The number of ether oxygens (including phenoxy) is 1. The molecule has 0 radical (unpaired) electrons. The number of rotatable bonds is 5. The third-order valence-corrected chi connectivity index (χ3v) is 4.76. The summed E-state index contributed by atoms with van der Waals surface area (Å²) in [5.41, 5.74) is 0.492. The zero-order valence-electron chi connectivity index (χ0n) is 16.1. The number of nitrogens with zero attached hydrogens (tertiary/aromatic N) is 2. The summed E-state index contributed by atoms with van der Waals surface area (Å²) in [6.07, 6.45) is 4.11. The van der Waals surface area contributed by atoms with Gasteiger partial charge in [-0.1, -0.05) is 25.3 Å². The molecule has 1 fully saturated rings. The SMILES string of the molecule is CC(C)N(C(=O)O)c1cccc(OC(=O)N(C(C)C)C2CCCCC2)c1. The van der Waals surface area contributed by atoms with Crippen LogP contribution in [0.5, 0.6) is 5.75 Å². The molecule has 0 unspecified atom stereocenters. The maximum atomic E-state index is 12.8. The van der Waals surface area contributed by atoms with E-state index in [1.807, 2.05) is 18.7 Å². The molecule has 0 bridgehead atoms. The van der Waals surface area contributed by atoms with Gasteiger partial charge < -0.3 is 14.7 Å². The fourth-order valence-electron chi connectivity index (χ4n) is 3.62. The van der Waals surface area contributed by atoms with Gasteiger partial charge in [0.25, 0.3) is 0 Å². The molecule has 6 nitrogen and oxygen atoms in total. The standard InChI is InChI=1S/C20H30N2O4/c1-14(2)21(19(23)24)17-11-8-12-18(13-17)26-20(25)22(15(3)4)16-9-6-5-7-10-16/h8,11-16H,5-7,9-10H2,1-4H3,(H,23,24). The van der Waals surface area contributed by atoms with Crippen LogP contribution in [0.15, 0.2) is 24.3 Å². The van der Waals surface area contributed by atoms with E-state index in [1.54, 1.807) is 38.1 Å². The van der Waals surface area contributed by atoms with E-state index < -0.39 is 6.09 Å². The summed E-state index contributed by atoms with van der Waals surface area (Å²) in [6.45, 7) is 7.60. The Labute approximate surface area is 155 Å². The molecule has 0 aromatic heterocycles. The zero-order valence-corrected chi connectivity index (χ0v) is 16.1. The normalized spacial score (nSPS) is 15.2. The Hall–Kier alpha value is -2.24. The van der Waals surface area contributed by atoms with Gasteiger partial charge in [-0.2, -0.15) is 0 Å². The Kier molecular flexibility index (Phi) is 6.89. The molecule has 2 amide bonds. The number of hydrogen-bond acceptors (Lipinski definition) is 3. The number of carbonyl (C=O) groups is 2. The van der Waals surface area contributed by atoms with Crippen molar-refractivity contribution < 1.29 is 19.4 Å². The van der Waals surface area contributed by atoms with Crippen LogP contribution in [0.2, 0.25) is 0 Å². The molecule has 0 aliphatic heterocycles. The quantitative estimate of drug-likeness (QED) is 0.789. The minimum atomic E-state index is -1.03. The smallest absolute Gasteiger partial charge is 0.415 e. The summed E-state index contributed by atoms with van der Waals surface area (Å²) in [7, 11) is 0. The van der Waals surface area contributed by atoms with Gasteiger partial charge in [0.1, 0.15) is 5.75 Å². The number of carboxylic acid groups (broad SMARTS) is 1. The van der Waals surface area contributed by atoms with Crippen LogP contribution in [0.4, 0.5) is 15.3 Å². The first kappa shape index (κ1) is 20.1. The van der Waals surface area contributed by atoms with Crippen molar-refractivity contribution in [2.45, 2.75) is 77.9 Å². The summed E-state index contributed by atoms with van der Waals surface area (Å²) in [6, 6.07) is 6.74. The average Bonchev–Trinajstić information content (AvgIpc) is 2.55. The Balaban J connectivity index is 2.17. The van der Waals surface area contributed by atoms with E-state index >= 15 is 0 Å². The molecule has 0 saturated heterocycles. The average molecular weight is 362 g/mol. The number of benzene rings is 1. The Morgan fingerprint density at radius 1 is 1.08 bits per heavy atom. The van der Waals surface area contributed by atoms with E-state index in [4.69, 9.17) is 4.74 Å². The van der Waals surface area contributed by atoms with Crippen molar-refractivity contribution in [3.05, 3.63) is 24.3 Å². The van der Waals surface area contributed by atoms with Gasteiger partial charge in [-0.3, -0.25) is 4.90 Å². The predicted molar refractivity (Wildman–Crippen MR) is 102 cm³/mol. The van der Waals surface area contributed by atoms with Crippen LogP contribution in [-0.2, 0) is 0 Å². The Morgan fingerprint density at radius 2 is 1.73 bits per heavy atom. The highest BCUT2D eigenvalue weighted by molar-refractivity contribution is 5.87. The summed E-state index contributed by atoms with van der Waals surface area (Å²) in [5, 5.41) is 9.41. The highest BCUT2D eigenvalue weighted by atomic mass is 16.6. The second-order valence-corrected chi connectivity index (χ2v) is 7.40. The van der Waals surface area contributed by atoms with Crippen molar-refractivity contribution in [3.63, 3.8) is 0 Å². The molecule has 1 aliphatic rings. The molecule has 1 aliphatic carbocycles. The fraction of sp³-hybridized carbons (Fsp3) is 0.600. The predicted octanol–water partition coefficient (Wildman–Crippen LogP) is 5.12. The first-order valence-electron chi connectivity index (χ1n) is 9.43. The lowest BCUT2D eigenvalue weighted by Gasteiger charge is -2.36. The van der Waals surface area contributed by atoms with Crippen molar-refractivity contribution >= 4 is 17.9 Å². The highest BCUT2D eigenvalue weighted by Crippen LogP contribution is 2.27. The minimum absolute atomic E-state index is 0.0555. The van der Waals surface area contributed by atoms with Crippen molar-refractivity contribution in [1.29, 1.82) is 0 Å². The summed E-state index contributed by atoms with van der Waals surface area (Å²) < 4.78 is 5.61. The second-order valence-electron chi connectivity index (χ2n) is 7.40. The largest absolute Gasteiger partial charge is 0.465 e. The van der Waals surface area contributed by atoms with Gasteiger partial charge in [0, 0.05) is 24.2 Å². The minimum Gasteiger partial charge on any atom is -0.465 e. The number of carbonyl (C=O) groups excluding carboxylic acids is 1. The van der Waals surface area contributed by atoms with Gasteiger partial charge >= 0.3 is 12.2 Å². The second kappa shape index (κ2) is 8.92. The van der Waals surface area contributed by atoms with Crippen molar-refractivity contribution in [2.24, 2.45) is 0 Å². The van der Waals surface area contributed by atoms with E-state index in [2.05, 4.69) is 0 Å². The van der Waals surface area contributed by atoms with Crippen LogP contribution in [0, 0.1) is 0 Å². The summed E-state index contributed by atoms with van der Waals surface area (Å²) in [5.74, 6) is 0.362. The van der Waals surface area contributed by atoms with Crippen LogP contribution in [0.3, 0.4) is 0 Å². The molecule has 0 spiro atoms. The van der Waals surface area contributed by atoms with Crippen molar-refractivity contribution in [3.8, 4) is 5.75 Å².